The van der Waals surface area contributed by atoms with Crippen molar-refractivity contribution >= 4 is 19.5 Å². The molecule has 0 amide bonds. The number of hydrogen-bond acceptors (Lipinski definition) is 0. The molecule has 16 heavy (non-hydrogen) atoms. The molecule has 1 aliphatic rings. The van der Waals surface area contributed by atoms with E-state index in [0.29, 0.717) is 21.0 Å². The summed E-state index contributed by atoms with van der Waals surface area (Å²) < 4.78 is 3.94. The van der Waals surface area contributed by atoms with E-state index in [1.165, 1.54) is 15.5 Å². The summed E-state index contributed by atoms with van der Waals surface area (Å²) >= 11 is 0.641. The molecule has 0 fully saturated rings. The van der Waals surface area contributed by atoms with E-state index >= 15 is 0 Å². The van der Waals surface area contributed by atoms with Gasteiger partial charge in [-0.1, -0.05) is 0 Å². The fourth-order valence-corrected chi connectivity index (χ4v) is 4.50. The second kappa shape index (κ2) is 5.01. The standard InChI is InChI=1S/C13H12NSe.ClH/c1-2-6-11(7-3-1)12-10-15-13-8-4-5-9-14(12)13;/h1-9,12H,10H2;1H/q+1;/p-1. The number of fused-ring (bicyclic) bond motifs is 1. The molecule has 1 aliphatic heterocycles. The third kappa shape index (κ3) is 2.01. The van der Waals surface area contributed by atoms with Crippen LogP contribution in [0.25, 0.3) is 0 Å². The van der Waals surface area contributed by atoms with Gasteiger partial charge < -0.3 is 12.4 Å². The Hall–Kier alpha value is -0.821. The maximum atomic E-state index is 2.43. The first kappa shape index (κ1) is 11.7. The topological polar surface area (TPSA) is 3.88 Å². The first-order valence-corrected chi connectivity index (χ1v) is 7.20. The monoisotopic (exact) mass is 297 g/mol. The number of halogens is 1. The Kier molecular flexibility index (Phi) is 3.65. The summed E-state index contributed by atoms with van der Waals surface area (Å²) in [4.78, 5) is 0. The summed E-state index contributed by atoms with van der Waals surface area (Å²) in [6, 6.07) is 17.9. The SMILES string of the molecule is [Cl-].c1ccc(C2C[Se]c3cccc[n+]32)cc1. The summed E-state index contributed by atoms with van der Waals surface area (Å²) in [6.45, 7) is 0. The van der Waals surface area contributed by atoms with Crippen LogP contribution in [0.2, 0.25) is 5.32 Å². The fourth-order valence-electron chi connectivity index (χ4n) is 2.00. The molecule has 0 saturated carbocycles. The number of pyridine rings is 1. The molecule has 2 heterocycles. The molecule has 0 bridgehead atoms. The molecule has 1 unspecified atom stereocenters. The predicted octanol–water partition coefficient (Wildman–Crippen LogP) is -1.67. The predicted molar refractivity (Wildman–Crippen MR) is 61.4 cm³/mol. The second-order valence-corrected chi connectivity index (χ2v) is 5.87. The number of benzene rings is 1. The van der Waals surface area contributed by atoms with Gasteiger partial charge in [0.25, 0.3) is 0 Å². The van der Waals surface area contributed by atoms with Crippen molar-refractivity contribution in [2.45, 2.75) is 11.4 Å². The van der Waals surface area contributed by atoms with E-state index in [9.17, 15) is 0 Å². The molecule has 3 rings (SSSR count). The van der Waals surface area contributed by atoms with Gasteiger partial charge in [-0.15, -0.1) is 0 Å². The van der Waals surface area contributed by atoms with Crippen molar-refractivity contribution in [3.63, 3.8) is 0 Å². The van der Waals surface area contributed by atoms with Crippen LogP contribution in [0.3, 0.4) is 0 Å². The van der Waals surface area contributed by atoms with Crippen molar-refractivity contribution in [1.82, 2.24) is 0 Å². The molecule has 82 valence electrons. The van der Waals surface area contributed by atoms with E-state index in [4.69, 9.17) is 0 Å². The van der Waals surface area contributed by atoms with Gasteiger partial charge in [-0.05, 0) is 0 Å². The Bertz CT molecular complexity index is 472. The second-order valence-electron chi connectivity index (χ2n) is 3.68. The summed E-state index contributed by atoms with van der Waals surface area (Å²) in [5.74, 6) is 0. The van der Waals surface area contributed by atoms with Gasteiger partial charge >= 0.3 is 95.8 Å². The van der Waals surface area contributed by atoms with Crippen LogP contribution in [0.15, 0.2) is 54.7 Å². The molecule has 1 nitrogen and oxygen atoms in total. The summed E-state index contributed by atoms with van der Waals surface area (Å²) in [7, 11) is 0. The third-order valence-electron chi connectivity index (χ3n) is 2.76. The molecule has 0 spiro atoms. The average molecular weight is 297 g/mol. The van der Waals surface area contributed by atoms with Gasteiger partial charge in [-0.2, -0.15) is 0 Å². The van der Waals surface area contributed by atoms with Gasteiger partial charge in [0, 0.05) is 0 Å². The van der Waals surface area contributed by atoms with Crippen molar-refractivity contribution in [3.05, 3.63) is 60.3 Å². The molecule has 3 heteroatoms. The van der Waals surface area contributed by atoms with E-state index in [1.807, 2.05) is 0 Å². The van der Waals surface area contributed by atoms with Crippen LogP contribution >= 0.6 is 0 Å². The zero-order chi connectivity index (χ0) is 10.1. The van der Waals surface area contributed by atoms with Gasteiger partial charge in [0.2, 0.25) is 0 Å². The van der Waals surface area contributed by atoms with Crippen LogP contribution in [0, 0.1) is 0 Å². The molecule has 0 N–H and O–H groups in total. The van der Waals surface area contributed by atoms with Crippen LogP contribution < -0.4 is 21.6 Å². The number of hydrogen-bond donors (Lipinski definition) is 0. The Morgan fingerprint density at radius 2 is 1.75 bits per heavy atom. The molecule has 0 saturated heterocycles. The Morgan fingerprint density at radius 1 is 1.00 bits per heavy atom. The average Bonchev–Trinajstić information content (AvgIpc) is 2.74. The molecule has 1 atom stereocenters. The third-order valence-corrected chi connectivity index (χ3v) is 5.12. The Labute approximate surface area is 108 Å². The number of nitrogens with zero attached hydrogens (tertiary/aromatic N) is 1. The normalized spacial score (nSPS) is 17.6. The van der Waals surface area contributed by atoms with Crippen LogP contribution in [0.5, 0.6) is 0 Å². The fraction of sp³-hybridized carbons (Fsp3) is 0.154. The van der Waals surface area contributed by atoms with Gasteiger partial charge in [0.1, 0.15) is 0 Å². The van der Waals surface area contributed by atoms with Crippen LogP contribution in [0.4, 0.5) is 0 Å². The van der Waals surface area contributed by atoms with Crippen LogP contribution in [-0.4, -0.2) is 15.0 Å². The van der Waals surface area contributed by atoms with Crippen LogP contribution in [-0.2, 0) is 0 Å². The molecular formula is C13H12ClNSe. The van der Waals surface area contributed by atoms with Gasteiger partial charge in [-0.3, -0.25) is 0 Å². The van der Waals surface area contributed by atoms with E-state index < -0.39 is 0 Å². The molecule has 1 aromatic carbocycles. The van der Waals surface area contributed by atoms with Gasteiger partial charge in [0.15, 0.2) is 0 Å². The first-order chi connectivity index (χ1) is 7.45. The Balaban J connectivity index is 0.000000963. The van der Waals surface area contributed by atoms with Crippen molar-refractivity contribution in [2.75, 3.05) is 0 Å². The van der Waals surface area contributed by atoms with E-state index in [1.54, 1.807) is 0 Å². The molecule has 1 aromatic heterocycles. The van der Waals surface area contributed by atoms with Crippen LogP contribution in [0.1, 0.15) is 11.6 Å². The summed E-state index contributed by atoms with van der Waals surface area (Å²) in [5.41, 5.74) is 1.44. The van der Waals surface area contributed by atoms with Gasteiger partial charge in [0.05, 0.1) is 0 Å². The zero-order valence-electron chi connectivity index (χ0n) is 8.71. The van der Waals surface area contributed by atoms with E-state index in [2.05, 4.69) is 59.3 Å². The van der Waals surface area contributed by atoms with Crippen molar-refractivity contribution < 1.29 is 17.0 Å². The van der Waals surface area contributed by atoms with Crippen molar-refractivity contribution in [3.8, 4) is 0 Å². The zero-order valence-corrected chi connectivity index (χ0v) is 11.2. The quantitative estimate of drug-likeness (QED) is 0.438. The molecule has 0 aliphatic carbocycles. The minimum absolute atomic E-state index is 0. The van der Waals surface area contributed by atoms with Crippen molar-refractivity contribution in [1.29, 1.82) is 0 Å². The summed E-state index contributed by atoms with van der Waals surface area (Å²) in [5, 5.41) is 1.29. The van der Waals surface area contributed by atoms with E-state index in [-0.39, 0.29) is 12.4 Å². The number of aromatic nitrogens is 1. The Morgan fingerprint density at radius 3 is 2.56 bits per heavy atom. The first-order valence-electron chi connectivity index (χ1n) is 5.13. The number of rotatable bonds is 1. The molecule has 2 aromatic rings. The minimum atomic E-state index is 0. The molecule has 0 radical (unpaired) electrons. The van der Waals surface area contributed by atoms with Crippen molar-refractivity contribution in [2.24, 2.45) is 0 Å². The van der Waals surface area contributed by atoms with E-state index in [0.717, 1.165) is 0 Å². The van der Waals surface area contributed by atoms with Gasteiger partial charge in [-0.25, -0.2) is 0 Å². The maximum absolute atomic E-state index is 2.43. The summed E-state index contributed by atoms with van der Waals surface area (Å²) in [6.07, 6.45) is 2.21. The molecular weight excluding hydrogens is 285 g/mol.